The van der Waals surface area contributed by atoms with Gasteiger partial charge >= 0.3 is 0 Å². The van der Waals surface area contributed by atoms with Gasteiger partial charge < -0.3 is 9.53 Å². The van der Waals surface area contributed by atoms with Gasteiger partial charge in [-0.2, -0.15) is 5.10 Å². The number of fused-ring (bicyclic) bond motifs is 1. The standard InChI is InChI=1S/C35H32N2O2/c38-21-7-20-37-24-31(23-36-37)27-12-14-29(15-13-27)35-33(28-10-5-2-6-11-28)18-16-30-22-32(17-19-34(30)35)39-25-26-8-3-1-4-9-26/h1-6,8-15,17,19,21-24,33,35H,7,16,18,20,25H2/t33-,35+/m1/s1. The second kappa shape index (κ2) is 11.5. The van der Waals surface area contributed by atoms with Crippen LogP contribution in [0.15, 0.2) is 116 Å². The highest BCUT2D eigenvalue weighted by Gasteiger charge is 2.32. The Morgan fingerprint density at radius 1 is 0.846 bits per heavy atom. The first kappa shape index (κ1) is 24.9. The van der Waals surface area contributed by atoms with Crippen molar-refractivity contribution in [3.63, 3.8) is 0 Å². The van der Waals surface area contributed by atoms with Gasteiger partial charge in [0.25, 0.3) is 0 Å². The van der Waals surface area contributed by atoms with E-state index in [-0.39, 0.29) is 5.92 Å². The molecule has 4 heteroatoms. The van der Waals surface area contributed by atoms with E-state index in [0.29, 0.717) is 25.5 Å². The SMILES string of the molecule is O=CCCn1cc(-c2ccc([C@@H]3c4ccc(OCc5ccccc5)cc4CC[C@@H]3c3ccccc3)cc2)cn1. The Hall–Kier alpha value is -4.44. The Kier molecular flexibility index (Phi) is 7.35. The van der Waals surface area contributed by atoms with E-state index < -0.39 is 0 Å². The maximum atomic E-state index is 10.7. The minimum atomic E-state index is 0.267. The van der Waals surface area contributed by atoms with Crippen LogP contribution in [0.4, 0.5) is 0 Å². The monoisotopic (exact) mass is 512 g/mol. The van der Waals surface area contributed by atoms with Crippen molar-refractivity contribution in [2.45, 2.75) is 44.2 Å². The molecule has 0 bridgehead atoms. The molecule has 0 fully saturated rings. The Bertz CT molecular complexity index is 1520. The number of rotatable bonds is 9. The molecule has 194 valence electrons. The molecule has 4 nitrogen and oxygen atoms in total. The summed E-state index contributed by atoms with van der Waals surface area (Å²) in [5, 5.41) is 4.41. The van der Waals surface area contributed by atoms with Crippen molar-refractivity contribution in [1.82, 2.24) is 9.78 Å². The highest BCUT2D eigenvalue weighted by molar-refractivity contribution is 5.63. The summed E-state index contributed by atoms with van der Waals surface area (Å²) in [6, 6.07) is 36.8. The van der Waals surface area contributed by atoms with E-state index in [9.17, 15) is 4.79 Å². The lowest BCUT2D eigenvalue weighted by atomic mass is 9.69. The first-order valence-electron chi connectivity index (χ1n) is 13.7. The number of aryl methyl sites for hydroxylation is 2. The molecule has 1 heterocycles. The summed E-state index contributed by atoms with van der Waals surface area (Å²) >= 11 is 0. The Labute approximate surface area is 229 Å². The minimum Gasteiger partial charge on any atom is -0.489 e. The number of nitrogens with zero attached hydrogens (tertiary/aromatic N) is 2. The minimum absolute atomic E-state index is 0.267. The van der Waals surface area contributed by atoms with E-state index >= 15 is 0 Å². The number of aldehydes is 1. The Morgan fingerprint density at radius 2 is 1.62 bits per heavy atom. The summed E-state index contributed by atoms with van der Waals surface area (Å²) in [7, 11) is 0. The van der Waals surface area contributed by atoms with E-state index in [0.717, 1.165) is 36.0 Å². The molecule has 1 aromatic heterocycles. The molecule has 0 amide bonds. The largest absolute Gasteiger partial charge is 0.489 e. The van der Waals surface area contributed by atoms with Gasteiger partial charge in [0.2, 0.25) is 0 Å². The summed E-state index contributed by atoms with van der Waals surface area (Å²) in [6.45, 7) is 1.18. The third-order valence-electron chi connectivity index (χ3n) is 7.77. The van der Waals surface area contributed by atoms with Gasteiger partial charge in [-0.25, -0.2) is 0 Å². The molecule has 5 aromatic rings. The average Bonchev–Trinajstić information content (AvgIpc) is 3.48. The van der Waals surface area contributed by atoms with E-state index in [1.54, 1.807) is 0 Å². The molecule has 0 unspecified atom stereocenters. The number of hydrogen-bond donors (Lipinski definition) is 0. The van der Waals surface area contributed by atoms with Crippen LogP contribution in [0.1, 0.15) is 52.5 Å². The topological polar surface area (TPSA) is 44.1 Å². The molecule has 39 heavy (non-hydrogen) atoms. The lowest BCUT2D eigenvalue weighted by Gasteiger charge is -2.35. The third kappa shape index (κ3) is 5.56. The molecule has 1 aliphatic rings. The number of carbonyl (C=O) groups excluding carboxylic acids is 1. The summed E-state index contributed by atoms with van der Waals surface area (Å²) in [6.07, 6.45) is 7.42. The Morgan fingerprint density at radius 3 is 2.38 bits per heavy atom. The molecular weight excluding hydrogens is 480 g/mol. The van der Waals surface area contributed by atoms with Gasteiger partial charge in [0, 0.05) is 30.6 Å². The molecule has 4 aromatic carbocycles. The fourth-order valence-electron chi connectivity index (χ4n) is 5.80. The van der Waals surface area contributed by atoms with Crippen molar-refractivity contribution in [2.75, 3.05) is 0 Å². The van der Waals surface area contributed by atoms with Crippen LogP contribution in [0.5, 0.6) is 5.75 Å². The fourth-order valence-corrected chi connectivity index (χ4v) is 5.80. The Balaban J connectivity index is 1.30. The van der Waals surface area contributed by atoms with Gasteiger partial charge in [-0.3, -0.25) is 4.68 Å². The second-order valence-corrected chi connectivity index (χ2v) is 10.2. The van der Waals surface area contributed by atoms with Crippen LogP contribution in [0, 0.1) is 0 Å². The van der Waals surface area contributed by atoms with Gasteiger partial charge in [0.1, 0.15) is 18.6 Å². The van der Waals surface area contributed by atoms with Crippen LogP contribution < -0.4 is 4.74 Å². The smallest absolute Gasteiger partial charge is 0.121 e. The maximum Gasteiger partial charge on any atom is 0.121 e. The van der Waals surface area contributed by atoms with E-state index in [4.69, 9.17) is 4.74 Å². The van der Waals surface area contributed by atoms with Crippen molar-refractivity contribution in [3.8, 4) is 16.9 Å². The lowest BCUT2D eigenvalue weighted by Crippen LogP contribution is -2.20. The molecule has 0 N–H and O–H groups in total. The lowest BCUT2D eigenvalue weighted by molar-refractivity contribution is -0.108. The van der Waals surface area contributed by atoms with Crippen molar-refractivity contribution < 1.29 is 9.53 Å². The summed E-state index contributed by atoms with van der Waals surface area (Å²) in [5.41, 5.74) is 8.84. The molecule has 6 rings (SSSR count). The molecule has 0 radical (unpaired) electrons. The second-order valence-electron chi connectivity index (χ2n) is 10.2. The van der Waals surface area contributed by atoms with Gasteiger partial charge in [0.05, 0.1) is 6.20 Å². The predicted octanol–water partition coefficient (Wildman–Crippen LogP) is 7.58. The summed E-state index contributed by atoms with van der Waals surface area (Å²) in [5.74, 6) is 1.60. The zero-order chi connectivity index (χ0) is 26.4. The zero-order valence-corrected chi connectivity index (χ0v) is 21.9. The van der Waals surface area contributed by atoms with E-state index in [1.807, 2.05) is 35.3 Å². The van der Waals surface area contributed by atoms with Crippen LogP contribution >= 0.6 is 0 Å². The van der Waals surface area contributed by atoms with E-state index in [2.05, 4.69) is 90.0 Å². The van der Waals surface area contributed by atoms with Crippen LogP contribution in [0.25, 0.3) is 11.1 Å². The van der Waals surface area contributed by atoms with Crippen LogP contribution in [-0.4, -0.2) is 16.1 Å². The predicted molar refractivity (Wildman–Crippen MR) is 155 cm³/mol. The molecule has 0 spiro atoms. The fraction of sp³-hybridized carbons (Fsp3) is 0.200. The van der Waals surface area contributed by atoms with Crippen molar-refractivity contribution in [1.29, 1.82) is 0 Å². The number of hydrogen-bond acceptors (Lipinski definition) is 3. The maximum absolute atomic E-state index is 10.7. The zero-order valence-electron chi connectivity index (χ0n) is 21.9. The van der Waals surface area contributed by atoms with E-state index in [1.165, 1.54) is 27.8 Å². The highest BCUT2D eigenvalue weighted by Crippen LogP contribution is 2.47. The molecule has 2 atom stereocenters. The quantitative estimate of drug-likeness (QED) is 0.191. The molecular formula is C35H32N2O2. The van der Waals surface area contributed by atoms with Crippen LogP contribution in [0.3, 0.4) is 0 Å². The van der Waals surface area contributed by atoms with Gasteiger partial charge in [-0.15, -0.1) is 0 Å². The van der Waals surface area contributed by atoms with Gasteiger partial charge in [0.15, 0.2) is 0 Å². The number of ether oxygens (including phenoxy) is 1. The number of benzene rings is 4. The van der Waals surface area contributed by atoms with Crippen molar-refractivity contribution >= 4 is 6.29 Å². The molecule has 0 saturated heterocycles. The van der Waals surface area contributed by atoms with Crippen molar-refractivity contribution in [2.24, 2.45) is 0 Å². The first-order chi connectivity index (χ1) is 19.3. The number of carbonyl (C=O) groups is 1. The number of aromatic nitrogens is 2. The molecule has 0 aliphatic heterocycles. The summed E-state index contributed by atoms with van der Waals surface area (Å²) in [4.78, 5) is 10.7. The van der Waals surface area contributed by atoms with Gasteiger partial charge in [-0.05, 0) is 64.3 Å². The first-order valence-corrected chi connectivity index (χ1v) is 13.7. The normalized spacial score (nSPS) is 16.4. The van der Waals surface area contributed by atoms with Crippen molar-refractivity contribution in [3.05, 3.63) is 143 Å². The average molecular weight is 513 g/mol. The summed E-state index contributed by atoms with van der Waals surface area (Å²) < 4.78 is 8.01. The third-order valence-corrected chi connectivity index (χ3v) is 7.77. The highest BCUT2D eigenvalue weighted by atomic mass is 16.5. The van der Waals surface area contributed by atoms with Gasteiger partial charge in [-0.1, -0.05) is 91.0 Å². The van der Waals surface area contributed by atoms with Crippen LogP contribution in [-0.2, 0) is 24.4 Å². The van der Waals surface area contributed by atoms with Crippen LogP contribution in [0.2, 0.25) is 0 Å². The molecule has 1 aliphatic carbocycles. The molecule has 0 saturated carbocycles.